The van der Waals surface area contributed by atoms with Gasteiger partial charge in [-0.15, -0.1) is 0 Å². The van der Waals surface area contributed by atoms with Crippen LogP contribution < -0.4 is 41.4 Å². The van der Waals surface area contributed by atoms with Gasteiger partial charge in [0.2, 0.25) is 0 Å². The summed E-state index contributed by atoms with van der Waals surface area (Å²) in [5.74, 6) is -0.133. The van der Waals surface area contributed by atoms with Crippen molar-refractivity contribution in [3.05, 3.63) is 53.5 Å². The summed E-state index contributed by atoms with van der Waals surface area (Å²) in [7, 11) is 0. The second-order valence-corrected chi connectivity index (χ2v) is 11.2. The number of carbonyl (C=O) groups excluding carboxylic acids is 2. The van der Waals surface area contributed by atoms with Gasteiger partial charge in [0.1, 0.15) is 0 Å². The molecule has 2 saturated heterocycles. The summed E-state index contributed by atoms with van der Waals surface area (Å²) in [6, 6.07) is 8.84. The standard InChI is InChI=1S/C25H33IN7O3/c34-24(30-21-14-17-4-1-2-5-18(17)15-21)22-23(29-11-10-28-22)31-25(35)33-12-7-19(8-13-33)32-26-36-16-20-6-3-9-27-20/h1-2,4-5,10-11,19-21,27,32H,3,6-9,12-16H2,(H,30,34)(H,29,31,35)/q-1. The number of urea groups is 1. The van der Waals surface area contributed by atoms with Gasteiger partial charge in [0.25, 0.3) is 0 Å². The number of rotatable bonds is 8. The SMILES string of the molecule is O=C(NC1Cc2ccccc2C1)c1nccnc1NC(=O)N1CCC(N[I-]OCC2CCCN2)CC1. The fourth-order valence-electron chi connectivity index (χ4n) is 4.98. The van der Waals surface area contributed by atoms with E-state index in [-0.39, 0.29) is 29.5 Å². The van der Waals surface area contributed by atoms with Gasteiger partial charge in [-0.25, -0.2) is 0 Å². The predicted molar refractivity (Wildman–Crippen MR) is 131 cm³/mol. The number of likely N-dealkylation sites (tertiary alicyclic amines) is 1. The van der Waals surface area contributed by atoms with E-state index in [4.69, 9.17) is 3.07 Å². The van der Waals surface area contributed by atoms with Gasteiger partial charge in [-0.1, -0.05) is 24.3 Å². The molecule has 3 aliphatic rings. The summed E-state index contributed by atoms with van der Waals surface area (Å²) in [5.41, 5.74) is 2.65. The molecule has 1 aliphatic carbocycles. The molecule has 0 spiro atoms. The van der Waals surface area contributed by atoms with Crippen molar-refractivity contribution in [1.82, 2.24) is 29.0 Å². The first-order chi connectivity index (χ1) is 17.7. The van der Waals surface area contributed by atoms with E-state index in [1.54, 1.807) is 4.90 Å². The molecule has 1 atom stereocenters. The minimum absolute atomic E-state index is 0.00760. The number of aromatic nitrogens is 2. The number of halogens is 1. The third-order valence-corrected chi connectivity index (χ3v) is 8.79. The molecular formula is C25H33IN7O3-. The van der Waals surface area contributed by atoms with Crippen LogP contribution in [0.4, 0.5) is 10.6 Å². The molecule has 2 aliphatic heterocycles. The summed E-state index contributed by atoms with van der Waals surface area (Å²) in [4.78, 5) is 36.1. The molecular weight excluding hydrogens is 573 g/mol. The van der Waals surface area contributed by atoms with Gasteiger partial charge < -0.3 is 0 Å². The Morgan fingerprint density at radius 2 is 1.81 bits per heavy atom. The summed E-state index contributed by atoms with van der Waals surface area (Å²) < 4.78 is 9.41. The van der Waals surface area contributed by atoms with E-state index in [1.807, 2.05) is 12.1 Å². The topological polar surface area (TPSA) is 121 Å². The molecule has 0 bridgehead atoms. The Labute approximate surface area is 222 Å². The molecule has 2 aromatic rings. The molecule has 1 aromatic heterocycles. The summed E-state index contributed by atoms with van der Waals surface area (Å²) >= 11 is -0.495. The number of hydrogen-bond acceptors (Lipinski definition) is 7. The average molecular weight is 606 g/mol. The molecule has 10 nitrogen and oxygen atoms in total. The van der Waals surface area contributed by atoms with Crippen LogP contribution in [-0.2, 0) is 15.9 Å². The van der Waals surface area contributed by atoms with E-state index in [2.05, 4.69) is 41.6 Å². The molecule has 1 unspecified atom stereocenters. The summed E-state index contributed by atoms with van der Waals surface area (Å²) in [6.45, 7) is 3.15. The Morgan fingerprint density at radius 3 is 2.53 bits per heavy atom. The van der Waals surface area contributed by atoms with Gasteiger partial charge in [0.05, 0.1) is 0 Å². The minimum atomic E-state index is -0.495. The van der Waals surface area contributed by atoms with Crippen molar-refractivity contribution < 1.29 is 34.5 Å². The van der Waals surface area contributed by atoms with Crippen molar-refractivity contribution in [1.29, 1.82) is 0 Å². The third-order valence-electron chi connectivity index (χ3n) is 6.99. The van der Waals surface area contributed by atoms with Gasteiger partial charge in [-0.3, -0.25) is 0 Å². The van der Waals surface area contributed by atoms with Crippen molar-refractivity contribution in [2.75, 3.05) is 31.6 Å². The van der Waals surface area contributed by atoms with E-state index in [0.29, 0.717) is 25.2 Å². The van der Waals surface area contributed by atoms with Crippen LogP contribution >= 0.6 is 0 Å². The first-order valence-corrected chi connectivity index (χ1v) is 14.6. The Balaban J connectivity index is 1.07. The normalized spacial score (nSPS) is 20.4. The van der Waals surface area contributed by atoms with Crippen LogP contribution in [0.5, 0.6) is 0 Å². The maximum absolute atomic E-state index is 13.0. The van der Waals surface area contributed by atoms with Gasteiger partial charge in [0.15, 0.2) is 0 Å². The van der Waals surface area contributed by atoms with Crippen LogP contribution in [0, 0.1) is 0 Å². The number of fused-ring (bicyclic) bond motifs is 1. The van der Waals surface area contributed by atoms with Crippen molar-refractivity contribution in [3.8, 4) is 0 Å². The first kappa shape index (κ1) is 25.3. The number of nitrogens with zero attached hydrogens (tertiary/aromatic N) is 3. The molecule has 194 valence electrons. The number of carbonyl (C=O) groups is 2. The monoisotopic (exact) mass is 606 g/mol. The molecule has 36 heavy (non-hydrogen) atoms. The summed E-state index contributed by atoms with van der Waals surface area (Å²) in [5, 5.41) is 9.31. The number of benzene rings is 1. The molecule has 3 amide bonds. The number of piperidine rings is 1. The van der Waals surface area contributed by atoms with Crippen LogP contribution in [-0.4, -0.2) is 71.2 Å². The molecule has 3 heterocycles. The quantitative estimate of drug-likeness (QED) is 0.167. The Bertz CT molecular complexity index is 1030. The molecule has 1 aromatic carbocycles. The number of anilines is 1. The van der Waals surface area contributed by atoms with Crippen LogP contribution in [0.2, 0.25) is 0 Å². The number of amides is 3. The van der Waals surface area contributed by atoms with Crippen LogP contribution in [0.15, 0.2) is 36.7 Å². The van der Waals surface area contributed by atoms with Crippen LogP contribution in [0.1, 0.15) is 47.3 Å². The zero-order valence-electron chi connectivity index (χ0n) is 20.2. The maximum atomic E-state index is 13.0. The Morgan fingerprint density at radius 1 is 1.06 bits per heavy atom. The van der Waals surface area contributed by atoms with Crippen molar-refractivity contribution >= 4 is 17.8 Å². The van der Waals surface area contributed by atoms with Gasteiger partial charge in [-0.2, -0.15) is 0 Å². The van der Waals surface area contributed by atoms with Gasteiger partial charge >= 0.3 is 175 Å². The average Bonchev–Trinajstić information content (AvgIpc) is 3.56. The van der Waals surface area contributed by atoms with E-state index in [1.165, 1.54) is 36.4 Å². The summed E-state index contributed by atoms with van der Waals surface area (Å²) in [6.07, 6.45) is 8.70. The van der Waals surface area contributed by atoms with Crippen molar-refractivity contribution in [3.63, 3.8) is 0 Å². The van der Waals surface area contributed by atoms with Gasteiger partial charge in [0, 0.05) is 0 Å². The number of hydrogen-bond donors (Lipinski definition) is 4. The molecule has 0 radical (unpaired) electrons. The van der Waals surface area contributed by atoms with E-state index >= 15 is 0 Å². The molecule has 11 heteroatoms. The van der Waals surface area contributed by atoms with Gasteiger partial charge in [-0.05, 0) is 24.0 Å². The van der Waals surface area contributed by atoms with Crippen LogP contribution in [0.25, 0.3) is 0 Å². The number of nitrogens with one attached hydrogen (secondary N) is 4. The van der Waals surface area contributed by atoms with E-state index in [9.17, 15) is 9.59 Å². The fraction of sp³-hybridized carbons (Fsp3) is 0.520. The zero-order valence-corrected chi connectivity index (χ0v) is 22.4. The van der Waals surface area contributed by atoms with E-state index in [0.717, 1.165) is 38.8 Å². The molecule has 4 N–H and O–H groups in total. The third kappa shape index (κ3) is 6.50. The fourth-order valence-corrected chi connectivity index (χ4v) is 6.76. The molecule has 2 fully saturated rings. The second-order valence-electron chi connectivity index (χ2n) is 9.55. The van der Waals surface area contributed by atoms with Crippen molar-refractivity contribution in [2.24, 2.45) is 0 Å². The zero-order chi connectivity index (χ0) is 24.7. The Kier molecular flexibility index (Phi) is 8.62. The van der Waals surface area contributed by atoms with Crippen LogP contribution in [0.3, 0.4) is 0 Å². The Hall–Kier alpha value is -2.35. The van der Waals surface area contributed by atoms with E-state index < -0.39 is 21.9 Å². The molecule has 5 rings (SSSR count). The second kappa shape index (κ2) is 12.3. The molecule has 0 saturated carbocycles. The predicted octanol–water partition coefficient (Wildman–Crippen LogP) is -1.35. The first-order valence-electron chi connectivity index (χ1n) is 12.6. The van der Waals surface area contributed by atoms with Crippen molar-refractivity contribution in [2.45, 2.75) is 56.7 Å².